The van der Waals surface area contributed by atoms with Gasteiger partial charge in [-0.15, -0.1) is 0 Å². The number of hydrogen-bond acceptors (Lipinski definition) is 3. The average Bonchev–Trinajstić information content (AvgIpc) is 2.70. The third kappa shape index (κ3) is 2.59. The number of rotatable bonds is 3. The van der Waals surface area contributed by atoms with E-state index in [-0.39, 0.29) is 0 Å². The van der Waals surface area contributed by atoms with Gasteiger partial charge in [0.1, 0.15) is 5.76 Å². The van der Waals surface area contributed by atoms with Gasteiger partial charge in [-0.25, -0.2) is 0 Å². The Hall–Kier alpha value is -0.800. The van der Waals surface area contributed by atoms with Crippen molar-refractivity contribution >= 4 is 0 Å². The van der Waals surface area contributed by atoms with Crippen molar-refractivity contribution in [2.24, 2.45) is 5.73 Å². The molecule has 3 heteroatoms. The minimum atomic E-state index is 0.427. The first-order valence-electron chi connectivity index (χ1n) is 5.36. The van der Waals surface area contributed by atoms with E-state index in [4.69, 9.17) is 10.2 Å². The molecule has 0 spiro atoms. The molecule has 0 atom stereocenters. The van der Waals surface area contributed by atoms with Crippen LogP contribution >= 0.6 is 0 Å². The number of furan rings is 1. The average molecular weight is 194 g/mol. The molecule has 0 amide bonds. The molecule has 14 heavy (non-hydrogen) atoms. The van der Waals surface area contributed by atoms with Gasteiger partial charge in [-0.05, 0) is 37.8 Å². The normalized spacial score (nSPS) is 27.8. The highest BCUT2D eigenvalue weighted by Crippen LogP contribution is 2.17. The summed E-state index contributed by atoms with van der Waals surface area (Å²) in [6.45, 7) is 0.840. The first-order valence-corrected chi connectivity index (χ1v) is 5.36. The third-order valence-electron chi connectivity index (χ3n) is 2.92. The van der Waals surface area contributed by atoms with Crippen molar-refractivity contribution in [1.29, 1.82) is 0 Å². The molecule has 3 N–H and O–H groups in total. The van der Waals surface area contributed by atoms with Crippen molar-refractivity contribution in [2.45, 2.75) is 44.3 Å². The standard InChI is InChI=1S/C11H18N2O/c12-9-3-5-10(6-4-9)13-8-11-2-1-7-14-11/h1-2,7,9-10,13H,3-6,8,12H2. The van der Waals surface area contributed by atoms with Gasteiger partial charge < -0.3 is 15.5 Å². The van der Waals surface area contributed by atoms with E-state index < -0.39 is 0 Å². The Morgan fingerprint density at radius 3 is 2.79 bits per heavy atom. The fourth-order valence-electron chi connectivity index (χ4n) is 1.98. The molecule has 1 fully saturated rings. The van der Waals surface area contributed by atoms with Gasteiger partial charge in [0, 0.05) is 12.1 Å². The monoisotopic (exact) mass is 194 g/mol. The predicted molar refractivity (Wildman–Crippen MR) is 55.8 cm³/mol. The summed E-state index contributed by atoms with van der Waals surface area (Å²) in [4.78, 5) is 0. The molecule has 2 rings (SSSR count). The Labute approximate surface area is 84.7 Å². The highest BCUT2D eigenvalue weighted by molar-refractivity contribution is 4.98. The van der Waals surface area contributed by atoms with E-state index in [9.17, 15) is 0 Å². The number of hydrogen-bond donors (Lipinski definition) is 2. The van der Waals surface area contributed by atoms with Crippen molar-refractivity contribution < 1.29 is 4.42 Å². The van der Waals surface area contributed by atoms with Crippen LogP contribution in [0.4, 0.5) is 0 Å². The molecular weight excluding hydrogens is 176 g/mol. The van der Waals surface area contributed by atoms with Gasteiger partial charge >= 0.3 is 0 Å². The molecule has 1 aliphatic rings. The maximum atomic E-state index is 5.84. The van der Waals surface area contributed by atoms with Gasteiger partial charge in [0.15, 0.2) is 0 Å². The van der Waals surface area contributed by atoms with E-state index in [1.54, 1.807) is 6.26 Å². The van der Waals surface area contributed by atoms with Gasteiger partial charge in [-0.3, -0.25) is 0 Å². The van der Waals surface area contributed by atoms with Crippen molar-refractivity contribution in [3.05, 3.63) is 24.2 Å². The Morgan fingerprint density at radius 2 is 2.14 bits per heavy atom. The van der Waals surface area contributed by atoms with E-state index in [2.05, 4.69) is 5.32 Å². The molecular formula is C11H18N2O. The fraction of sp³-hybridized carbons (Fsp3) is 0.636. The van der Waals surface area contributed by atoms with Crippen LogP contribution in [0.2, 0.25) is 0 Å². The lowest BCUT2D eigenvalue weighted by molar-refractivity contribution is 0.331. The molecule has 0 unspecified atom stereocenters. The van der Waals surface area contributed by atoms with Crippen LogP contribution in [-0.4, -0.2) is 12.1 Å². The van der Waals surface area contributed by atoms with Gasteiger partial charge in [0.05, 0.1) is 12.8 Å². The lowest BCUT2D eigenvalue weighted by atomic mass is 9.92. The summed E-state index contributed by atoms with van der Waals surface area (Å²) in [5, 5.41) is 3.50. The van der Waals surface area contributed by atoms with Crippen molar-refractivity contribution in [3.63, 3.8) is 0 Å². The largest absolute Gasteiger partial charge is 0.468 e. The Bertz CT molecular complexity index is 250. The van der Waals surface area contributed by atoms with Crippen LogP contribution in [0.25, 0.3) is 0 Å². The molecule has 1 heterocycles. The summed E-state index contributed by atoms with van der Waals surface area (Å²) in [6, 6.07) is 4.98. The lowest BCUT2D eigenvalue weighted by Gasteiger charge is -2.26. The van der Waals surface area contributed by atoms with Crippen LogP contribution in [0.15, 0.2) is 22.8 Å². The summed E-state index contributed by atoms with van der Waals surface area (Å²) < 4.78 is 5.26. The van der Waals surface area contributed by atoms with Crippen LogP contribution in [0.1, 0.15) is 31.4 Å². The molecule has 0 aromatic carbocycles. The Balaban J connectivity index is 1.71. The van der Waals surface area contributed by atoms with Crippen molar-refractivity contribution in [2.75, 3.05) is 0 Å². The van der Waals surface area contributed by atoms with Gasteiger partial charge in [0.25, 0.3) is 0 Å². The first kappa shape index (κ1) is 9.74. The SMILES string of the molecule is NC1CCC(NCc2ccco2)CC1. The van der Waals surface area contributed by atoms with Crippen LogP contribution in [-0.2, 0) is 6.54 Å². The van der Waals surface area contributed by atoms with Gasteiger partial charge in [0.2, 0.25) is 0 Å². The van der Waals surface area contributed by atoms with Crippen LogP contribution in [0.3, 0.4) is 0 Å². The maximum Gasteiger partial charge on any atom is 0.117 e. The zero-order chi connectivity index (χ0) is 9.80. The Morgan fingerprint density at radius 1 is 1.36 bits per heavy atom. The van der Waals surface area contributed by atoms with Crippen molar-refractivity contribution in [1.82, 2.24) is 5.32 Å². The molecule has 0 bridgehead atoms. The second kappa shape index (κ2) is 4.62. The maximum absolute atomic E-state index is 5.84. The zero-order valence-electron chi connectivity index (χ0n) is 8.41. The molecule has 0 aliphatic heterocycles. The molecule has 1 aromatic rings. The smallest absolute Gasteiger partial charge is 0.117 e. The highest BCUT2D eigenvalue weighted by Gasteiger charge is 2.17. The topological polar surface area (TPSA) is 51.2 Å². The van der Waals surface area contributed by atoms with Crippen LogP contribution < -0.4 is 11.1 Å². The second-order valence-electron chi connectivity index (χ2n) is 4.07. The highest BCUT2D eigenvalue weighted by atomic mass is 16.3. The summed E-state index contributed by atoms with van der Waals surface area (Å²) in [5.41, 5.74) is 5.84. The molecule has 1 saturated carbocycles. The molecule has 1 aromatic heterocycles. The molecule has 0 saturated heterocycles. The molecule has 3 nitrogen and oxygen atoms in total. The molecule has 0 radical (unpaired) electrons. The number of nitrogens with one attached hydrogen (secondary N) is 1. The van der Waals surface area contributed by atoms with E-state index >= 15 is 0 Å². The summed E-state index contributed by atoms with van der Waals surface area (Å²) >= 11 is 0. The lowest BCUT2D eigenvalue weighted by Crippen LogP contribution is -2.36. The van der Waals surface area contributed by atoms with Crippen molar-refractivity contribution in [3.8, 4) is 0 Å². The van der Waals surface area contributed by atoms with E-state index in [0.717, 1.165) is 25.1 Å². The zero-order valence-corrected chi connectivity index (χ0v) is 8.41. The predicted octanol–water partition coefficient (Wildman–Crippen LogP) is 1.64. The van der Waals surface area contributed by atoms with Crippen LogP contribution in [0.5, 0.6) is 0 Å². The molecule has 1 aliphatic carbocycles. The summed E-state index contributed by atoms with van der Waals surface area (Å²) in [5.74, 6) is 1.01. The minimum Gasteiger partial charge on any atom is -0.468 e. The van der Waals surface area contributed by atoms with Crippen LogP contribution in [0, 0.1) is 0 Å². The third-order valence-corrected chi connectivity index (χ3v) is 2.92. The number of nitrogens with two attached hydrogens (primary N) is 1. The fourth-order valence-corrected chi connectivity index (χ4v) is 1.98. The summed E-state index contributed by atoms with van der Waals surface area (Å²) in [6.07, 6.45) is 6.41. The van der Waals surface area contributed by atoms with Gasteiger partial charge in [-0.2, -0.15) is 0 Å². The first-order chi connectivity index (χ1) is 6.84. The minimum absolute atomic E-state index is 0.427. The summed E-state index contributed by atoms with van der Waals surface area (Å²) in [7, 11) is 0. The van der Waals surface area contributed by atoms with Gasteiger partial charge in [-0.1, -0.05) is 0 Å². The Kier molecular flexibility index (Phi) is 3.22. The van der Waals surface area contributed by atoms with E-state index in [0.29, 0.717) is 12.1 Å². The quantitative estimate of drug-likeness (QED) is 0.769. The molecule has 78 valence electrons. The second-order valence-corrected chi connectivity index (χ2v) is 4.07. The van der Waals surface area contributed by atoms with E-state index in [1.165, 1.54) is 12.8 Å². The van der Waals surface area contributed by atoms with E-state index in [1.807, 2.05) is 12.1 Å².